The zero-order valence-electron chi connectivity index (χ0n) is 10.9. The molecule has 1 saturated heterocycles. The molecule has 0 unspecified atom stereocenters. The highest BCUT2D eigenvalue weighted by atomic mass is 35.5. The summed E-state index contributed by atoms with van der Waals surface area (Å²) in [7, 11) is 0. The van der Waals surface area contributed by atoms with Crippen LogP contribution in [0.4, 0.5) is 4.79 Å². The maximum absolute atomic E-state index is 12.0. The lowest BCUT2D eigenvalue weighted by atomic mass is 10.1. The van der Waals surface area contributed by atoms with Gasteiger partial charge in [0.2, 0.25) is 0 Å². The molecule has 1 fully saturated rings. The van der Waals surface area contributed by atoms with E-state index < -0.39 is 0 Å². The third-order valence-corrected chi connectivity index (χ3v) is 3.75. The number of carbonyl (C=O) groups excluding carboxylic acids is 1. The highest BCUT2D eigenvalue weighted by Gasteiger charge is 2.31. The van der Waals surface area contributed by atoms with E-state index in [1.807, 2.05) is 47.4 Å². The largest absolute Gasteiger partial charge is 0.336 e. The van der Waals surface area contributed by atoms with E-state index in [4.69, 9.17) is 11.6 Å². The van der Waals surface area contributed by atoms with Crippen molar-refractivity contribution in [3.63, 3.8) is 0 Å². The van der Waals surface area contributed by atoms with Gasteiger partial charge in [-0.25, -0.2) is 4.79 Å². The Morgan fingerprint density at radius 2 is 1.95 bits per heavy atom. The van der Waals surface area contributed by atoms with Gasteiger partial charge in [0, 0.05) is 18.1 Å². The molecule has 2 amide bonds. The van der Waals surface area contributed by atoms with Crippen LogP contribution in [0.15, 0.2) is 54.6 Å². The highest BCUT2D eigenvalue weighted by molar-refractivity contribution is 6.30. The summed E-state index contributed by atoms with van der Waals surface area (Å²) in [5.41, 5.74) is 2.18. The molecule has 1 heterocycles. The second-order valence-electron chi connectivity index (χ2n) is 4.87. The molecule has 3 nitrogen and oxygen atoms in total. The summed E-state index contributed by atoms with van der Waals surface area (Å²) >= 11 is 6.00. The number of halogens is 1. The number of rotatable bonds is 3. The van der Waals surface area contributed by atoms with Crippen molar-refractivity contribution >= 4 is 17.6 Å². The Balaban J connectivity index is 1.84. The van der Waals surface area contributed by atoms with Crippen molar-refractivity contribution in [3.05, 3.63) is 70.7 Å². The number of benzene rings is 2. The van der Waals surface area contributed by atoms with Gasteiger partial charge in [-0.05, 0) is 23.3 Å². The van der Waals surface area contributed by atoms with Gasteiger partial charge < -0.3 is 10.2 Å². The lowest BCUT2D eigenvalue weighted by Gasteiger charge is -2.23. The monoisotopic (exact) mass is 286 g/mol. The Morgan fingerprint density at radius 3 is 2.70 bits per heavy atom. The average molecular weight is 287 g/mol. The van der Waals surface area contributed by atoms with Gasteiger partial charge in [-0.15, -0.1) is 0 Å². The maximum atomic E-state index is 12.0. The number of amides is 2. The Hall–Kier alpha value is -2.00. The van der Waals surface area contributed by atoms with E-state index in [0.29, 0.717) is 18.1 Å². The van der Waals surface area contributed by atoms with E-state index in [-0.39, 0.29) is 12.1 Å². The van der Waals surface area contributed by atoms with Gasteiger partial charge in [-0.2, -0.15) is 0 Å². The molecule has 0 bridgehead atoms. The Kier molecular flexibility index (Phi) is 3.61. The van der Waals surface area contributed by atoms with E-state index in [0.717, 1.165) is 11.1 Å². The molecule has 1 aliphatic rings. The number of nitrogens with one attached hydrogen (secondary N) is 1. The number of hydrogen-bond donors (Lipinski definition) is 1. The van der Waals surface area contributed by atoms with Gasteiger partial charge >= 0.3 is 6.03 Å². The first-order chi connectivity index (χ1) is 9.74. The summed E-state index contributed by atoms with van der Waals surface area (Å²) in [6.45, 7) is 1.20. The summed E-state index contributed by atoms with van der Waals surface area (Å²) < 4.78 is 0. The molecule has 2 aromatic carbocycles. The first-order valence-corrected chi connectivity index (χ1v) is 6.96. The van der Waals surface area contributed by atoms with Crippen molar-refractivity contribution in [1.82, 2.24) is 10.2 Å². The van der Waals surface area contributed by atoms with Gasteiger partial charge in [0.1, 0.15) is 0 Å². The number of nitrogens with zero attached hydrogens (tertiary/aromatic N) is 1. The van der Waals surface area contributed by atoms with Crippen molar-refractivity contribution in [2.24, 2.45) is 0 Å². The number of urea groups is 1. The molecule has 2 aromatic rings. The fourth-order valence-electron chi connectivity index (χ4n) is 2.52. The third kappa shape index (κ3) is 2.63. The minimum atomic E-state index is -0.0289. The van der Waals surface area contributed by atoms with Crippen molar-refractivity contribution in [2.75, 3.05) is 6.54 Å². The van der Waals surface area contributed by atoms with Crippen LogP contribution in [-0.2, 0) is 6.54 Å². The molecule has 4 heteroatoms. The van der Waals surface area contributed by atoms with E-state index in [9.17, 15) is 4.79 Å². The van der Waals surface area contributed by atoms with Crippen LogP contribution in [0.1, 0.15) is 17.2 Å². The van der Waals surface area contributed by atoms with Gasteiger partial charge in [-0.1, -0.05) is 54.1 Å². The average Bonchev–Trinajstić information content (AvgIpc) is 2.81. The second-order valence-corrected chi connectivity index (χ2v) is 5.31. The SMILES string of the molecule is O=C1NC[C@H](c2ccccc2)N1Cc1cccc(Cl)c1. The summed E-state index contributed by atoms with van der Waals surface area (Å²) in [4.78, 5) is 13.9. The fraction of sp³-hybridized carbons (Fsp3) is 0.188. The van der Waals surface area contributed by atoms with Crippen molar-refractivity contribution in [3.8, 4) is 0 Å². The quantitative estimate of drug-likeness (QED) is 0.918. The molecule has 0 aromatic heterocycles. The van der Waals surface area contributed by atoms with Crippen LogP contribution in [0.25, 0.3) is 0 Å². The van der Waals surface area contributed by atoms with Crippen LogP contribution < -0.4 is 5.32 Å². The predicted octanol–water partition coefficient (Wildman–Crippen LogP) is 3.61. The van der Waals surface area contributed by atoms with Gasteiger partial charge in [0.05, 0.1) is 6.04 Å². The van der Waals surface area contributed by atoms with E-state index in [1.165, 1.54) is 0 Å². The summed E-state index contributed by atoms with van der Waals surface area (Å²) in [6, 6.07) is 17.7. The minimum Gasteiger partial charge on any atom is -0.336 e. The molecule has 102 valence electrons. The Labute approximate surface area is 123 Å². The topological polar surface area (TPSA) is 32.3 Å². The molecular formula is C16H15ClN2O. The Morgan fingerprint density at radius 1 is 1.15 bits per heavy atom. The molecule has 0 spiro atoms. The van der Waals surface area contributed by atoms with Crippen LogP contribution in [0.2, 0.25) is 5.02 Å². The molecule has 0 radical (unpaired) electrons. The minimum absolute atomic E-state index is 0.0289. The zero-order valence-corrected chi connectivity index (χ0v) is 11.7. The normalized spacial score (nSPS) is 18.1. The van der Waals surface area contributed by atoms with Gasteiger partial charge in [0.25, 0.3) is 0 Å². The predicted molar refractivity (Wildman–Crippen MR) is 79.6 cm³/mol. The summed E-state index contributed by atoms with van der Waals surface area (Å²) in [5, 5.41) is 3.60. The molecule has 0 saturated carbocycles. The summed E-state index contributed by atoms with van der Waals surface area (Å²) in [5.74, 6) is 0. The van der Waals surface area contributed by atoms with Crippen LogP contribution >= 0.6 is 11.6 Å². The fourth-order valence-corrected chi connectivity index (χ4v) is 2.74. The lowest BCUT2D eigenvalue weighted by molar-refractivity contribution is 0.201. The first kappa shape index (κ1) is 13.0. The maximum Gasteiger partial charge on any atom is 0.318 e. The van der Waals surface area contributed by atoms with Crippen LogP contribution in [0, 0.1) is 0 Å². The molecular weight excluding hydrogens is 272 g/mol. The molecule has 1 aliphatic heterocycles. The highest BCUT2D eigenvalue weighted by Crippen LogP contribution is 2.26. The van der Waals surface area contributed by atoms with Crippen molar-refractivity contribution in [1.29, 1.82) is 0 Å². The number of hydrogen-bond acceptors (Lipinski definition) is 1. The zero-order chi connectivity index (χ0) is 13.9. The van der Waals surface area contributed by atoms with E-state index in [1.54, 1.807) is 0 Å². The lowest BCUT2D eigenvalue weighted by Crippen LogP contribution is -2.29. The number of carbonyl (C=O) groups is 1. The van der Waals surface area contributed by atoms with E-state index in [2.05, 4.69) is 17.4 Å². The standard InChI is InChI=1S/C16H15ClN2O/c17-14-8-4-5-12(9-14)11-19-15(10-18-16(19)20)13-6-2-1-3-7-13/h1-9,15H,10-11H2,(H,18,20)/t15-/m1/s1. The van der Waals surface area contributed by atoms with Gasteiger partial charge in [-0.3, -0.25) is 0 Å². The van der Waals surface area contributed by atoms with Crippen LogP contribution in [0.3, 0.4) is 0 Å². The molecule has 1 N–H and O–H groups in total. The van der Waals surface area contributed by atoms with Crippen LogP contribution in [-0.4, -0.2) is 17.5 Å². The second kappa shape index (κ2) is 5.55. The van der Waals surface area contributed by atoms with Gasteiger partial charge in [0.15, 0.2) is 0 Å². The molecule has 20 heavy (non-hydrogen) atoms. The van der Waals surface area contributed by atoms with Crippen LogP contribution in [0.5, 0.6) is 0 Å². The molecule has 1 atom stereocenters. The first-order valence-electron chi connectivity index (χ1n) is 6.58. The Bertz CT molecular complexity index is 615. The van der Waals surface area contributed by atoms with Crippen molar-refractivity contribution in [2.45, 2.75) is 12.6 Å². The van der Waals surface area contributed by atoms with E-state index >= 15 is 0 Å². The molecule has 3 rings (SSSR count). The van der Waals surface area contributed by atoms with Crippen molar-refractivity contribution < 1.29 is 4.79 Å². The smallest absolute Gasteiger partial charge is 0.318 e. The summed E-state index contributed by atoms with van der Waals surface area (Å²) in [6.07, 6.45) is 0. The third-order valence-electron chi connectivity index (χ3n) is 3.51. The molecule has 0 aliphatic carbocycles.